The van der Waals surface area contributed by atoms with Gasteiger partial charge in [-0.2, -0.15) is 0 Å². The molecule has 1 aliphatic rings. The molecule has 106 valence electrons. The molecule has 1 saturated heterocycles. The summed E-state index contributed by atoms with van der Waals surface area (Å²) >= 11 is 6.08. The fourth-order valence-corrected chi connectivity index (χ4v) is 2.65. The van der Waals surface area contributed by atoms with Gasteiger partial charge in [0.1, 0.15) is 0 Å². The molecule has 0 aliphatic carbocycles. The van der Waals surface area contributed by atoms with E-state index >= 15 is 0 Å². The van der Waals surface area contributed by atoms with E-state index in [9.17, 15) is 4.79 Å². The summed E-state index contributed by atoms with van der Waals surface area (Å²) in [6.07, 6.45) is 0.388. The summed E-state index contributed by atoms with van der Waals surface area (Å²) in [4.78, 5) is 14.2. The first-order chi connectivity index (χ1) is 8.56. The number of nitrogens with one attached hydrogen (secondary N) is 1. The molecule has 1 aromatic carbocycles. The second-order valence-corrected chi connectivity index (χ2v) is 5.44. The standard InChI is InChI=1S/C14H19ClN2O.ClH/c1-10-8-17(9-11(2)16-10)14(18)7-12-5-3-4-6-13(12)15;/h3-6,10-11,16H,7-9H2,1-2H3;1H. The highest BCUT2D eigenvalue weighted by Crippen LogP contribution is 2.17. The van der Waals surface area contributed by atoms with Crippen molar-refractivity contribution in [3.63, 3.8) is 0 Å². The Bertz CT molecular complexity index is 429. The molecule has 2 rings (SSSR count). The number of nitrogens with zero attached hydrogens (tertiary/aromatic N) is 1. The molecular formula is C14H20Cl2N2O. The van der Waals surface area contributed by atoms with Crippen LogP contribution in [-0.4, -0.2) is 36.0 Å². The van der Waals surface area contributed by atoms with Gasteiger partial charge in [0.15, 0.2) is 0 Å². The number of piperazine rings is 1. The van der Waals surface area contributed by atoms with Crippen LogP contribution in [0.4, 0.5) is 0 Å². The van der Waals surface area contributed by atoms with E-state index in [1.165, 1.54) is 0 Å². The minimum atomic E-state index is 0. The van der Waals surface area contributed by atoms with Gasteiger partial charge in [0.05, 0.1) is 6.42 Å². The summed E-state index contributed by atoms with van der Waals surface area (Å²) in [5.74, 6) is 0.156. The Kier molecular flexibility index (Phi) is 6.11. The Morgan fingerprint density at radius 2 is 1.89 bits per heavy atom. The van der Waals surface area contributed by atoms with Crippen molar-refractivity contribution in [1.82, 2.24) is 10.2 Å². The average Bonchev–Trinajstić information content (AvgIpc) is 2.31. The van der Waals surface area contributed by atoms with Crippen LogP contribution in [0.2, 0.25) is 5.02 Å². The van der Waals surface area contributed by atoms with Crippen LogP contribution in [0, 0.1) is 0 Å². The van der Waals surface area contributed by atoms with Gasteiger partial charge in [0, 0.05) is 30.2 Å². The van der Waals surface area contributed by atoms with Gasteiger partial charge >= 0.3 is 0 Å². The van der Waals surface area contributed by atoms with Gasteiger partial charge in [-0.3, -0.25) is 4.79 Å². The molecule has 2 atom stereocenters. The quantitative estimate of drug-likeness (QED) is 0.910. The minimum Gasteiger partial charge on any atom is -0.339 e. The summed E-state index contributed by atoms with van der Waals surface area (Å²) in [5.41, 5.74) is 0.906. The summed E-state index contributed by atoms with van der Waals surface area (Å²) in [6, 6.07) is 8.23. The van der Waals surface area contributed by atoms with E-state index < -0.39 is 0 Å². The predicted octanol–water partition coefficient (Wildman–Crippen LogP) is 2.51. The Morgan fingerprint density at radius 1 is 1.32 bits per heavy atom. The first kappa shape index (κ1) is 16.3. The Hall–Kier alpha value is -0.770. The monoisotopic (exact) mass is 302 g/mol. The molecule has 2 unspecified atom stereocenters. The Morgan fingerprint density at radius 3 is 2.47 bits per heavy atom. The fourth-order valence-electron chi connectivity index (χ4n) is 2.45. The van der Waals surface area contributed by atoms with E-state index in [1.807, 2.05) is 29.2 Å². The maximum absolute atomic E-state index is 12.3. The molecule has 0 saturated carbocycles. The smallest absolute Gasteiger partial charge is 0.227 e. The first-order valence-electron chi connectivity index (χ1n) is 6.33. The lowest BCUT2D eigenvalue weighted by Crippen LogP contribution is -2.56. The van der Waals surface area contributed by atoms with Crippen LogP contribution in [0.3, 0.4) is 0 Å². The van der Waals surface area contributed by atoms with E-state index in [2.05, 4.69) is 19.2 Å². The van der Waals surface area contributed by atoms with Crippen molar-refractivity contribution in [2.75, 3.05) is 13.1 Å². The number of halogens is 2. The predicted molar refractivity (Wildman–Crippen MR) is 81.0 cm³/mol. The maximum Gasteiger partial charge on any atom is 0.227 e. The van der Waals surface area contributed by atoms with Gasteiger partial charge in [-0.15, -0.1) is 12.4 Å². The molecule has 5 heteroatoms. The second-order valence-electron chi connectivity index (χ2n) is 5.04. The van der Waals surface area contributed by atoms with E-state index in [4.69, 9.17) is 11.6 Å². The number of amides is 1. The normalized spacial score (nSPS) is 22.8. The molecule has 19 heavy (non-hydrogen) atoms. The van der Waals surface area contributed by atoms with Crippen LogP contribution in [0.15, 0.2) is 24.3 Å². The van der Waals surface area contributed by atoms with Crippen molar-refractivity contribution < 1.29 is 4.79 Å². The van der Waals surface area contributed by atoms with Crippen molar-refractivity contribution in [2.45, 2.75) is 32.4 Å². The van der Waals surface area contributed by atoms with Gasteiger partial charge in [-0.25, -0.2) is 0 Å². The van der Waals surface area contributed by atoms with E-state index in [1.54, 1.807) is 0 Å². The molecule has 1 amide bonds. The zero-order valence-corrected chi connectivity index (χ0v) is 12.8. The third-order valence-electron chi connectivity index (χ3n) is 3.21. The summed E-state index contributed by atoms with van der Waals surface area (Å²) in [6.45, 7) is 5.75. The van der Waals surface area contributed by atoms with Gasteiger partial charge < -0.3 is 10.2 Å². The van der Waals surface area contributed by atoms with Crippen molar-refractivity contribution in [3.8, 4) is 0 Å². The molecule has 0 radical (unpaired) electrons. The second kappa shape index (κ2) is 7.13. The van der Waals surface area contributed by atoms with E-state index in [-0.39, 0.29) is 18.3 Å². The number of hydrogen-bond donors (Lipinski definition) is 1. The third-order valence-corrected chi connectivity index (χ3v) is 3.58. The molecule has 1 N–H and O–H groups in total. The van der Waals surface area contributed by atoms with Crippen LogP contribution in [0.5, 0.6) is 0 Å². The van der Waals surface area contributed by atoms with Crippen LogP contribution in [0.25, 0.3) is 0 Å². The molecule has 0 bridgehead atoms. The van der Waals surface area contributed by atoms with Crippen LogP contribution in [-0.2, 0) is 11.2 Å². The molecule has 1 fully saturated rings. The third kappa shape index (κ3) is 4.37. The first-order valence-corrected chi connectivity index (χ1v) is 6.71. The zero-order valence-electron chi connectivity index (χ0n) is 11.2. The lowest BCUT2D eigenvalue weighted by Gasteiger charge is -2.36. The number of benzene rings is 1. The molecule has 1 heterocycles. The van der Waals surface area contributed by atoms with Gasteiger partial charge in [-0.1, -0.05) is 29.8 Å². The van der Waals surface area contributed by atoms with Crippen molar-refractivity contribution in [3.05, 3.63) is 34.9 Å². The zero-order chi connectivity index (χ0) is 13.1. The minimum absolute atomic E-state index is 0. The molecule has 1 aromatic rings. The highest BCUT2D eigenvalue weighted by Gasteiger charge is 2.24. The molecule has 3 nitrogen and oxygen atoms in total. The summed E-state index contributed by atoms with van der Waals surface area (Å²) < 4.78 is 0. The topological polar surface area (TPSA) is 32.3 Å². The van der Waals surface area contributed by atoms with Crippen molar-refractivity contribution in [1.29, 1.82) is 0 Å². The Labute approximate surface area is 125 Å². The average molecular weight is 303 g/mol. The highest BCUT2D eigenvalue weighted by molar-refractivity contribution is 6.31. The van der Waals surface area contributed by atoms with Gasteiger partial charge in [0.25, 0.3) is 0 Å². The number of rotatable bonds is 2. The van der Waals surface area contributed by atoms with Crippen molar-refractivity contribution >= 4 is 29.9 Å². The van der Waals surface area contributed by atoms with Crippen LogP contribution in [0.1, 0.15) is 19.4 Å². The number of hydrogen-bond acceptors (Lipinski definition) is 2. The summed E-state index contributed by atoms with van der Waals surface area (Å²) in [5, 5.41) is 4.09. The highest BCUT2D eigenvalue weighted by atomic mass is 35.5. The van der Waals surface area contributed by atoms with E-state index in [0.717, 1.165) is 18.7 Å². The molecule has 1 aliphatic heterocycles. The fraction of sp³-hybridized carbons (Fsp3) is 0.500. The van der Waals surface area contributed by atoms with Crippen molar-refractivity contribution in [2.24, 2.45) is 0 Å². The maximum atomic E-state index is 12.3. The Balaban J connectivity index is 0.00000180. The van der Waals surface area contributed by atoms with E-state index in [0.29, 0.717) is 23.5 Å². The largest absolute Gasteiger partial charge is 0.339 e. The lowest BCUT2D eigenvalue weighted by atomic mass is 10.1. The molecular weight excluding hydrogens is 283 g/mol. The number of carbonyl (C=O) groups excluding carboxylic acids is 1. The molecule has 0 aromatic heterocycles. The van der Waals surface area contributed by atoms with Crippen LogP contribution < -0.4 is 5.32 Å². The summed E-state index contributed by atoms with van der Waals surface area (Å²) in [7, 11) is 0. The van der Waals surface area contributed by atoms with Gasteiger partial charge in [-0.05, 0) is 25.5 Å². The lowest BCUT2D eigenvalue weighted by molar-refractivity contribution is -0.132. The van der Waals surface area contributed by atoms with Gasteiger partial charge in [0.2, 0.25) is 5.91 Å². The SMILES string of the molecule is CC1CN(C(=O)Cc2ccccc2Cl)CC(C)N1.Cl. The number of carbonyl (C=O) groups is 1. The molecule has 0 spiro atoms. The van der Waals surface area contributed by atoms with Crippen LogP contribution >= 0.6 is 24.0 Å².